The summed E-state index contributed by atoms with van der Waals surface area (Å²) in [4.78, 5) is 16.0. The van der Waals surface area contributed by atoms with Gasteiger partial charge in [-0.3, -0.25) is 4.79 Å². The monoisotopic (exact) mass is 539 g/mol. The summed E-state index contributed by atoms with van der Waals surface area (Å²) in [6.07, 6.45) is 3.83. The lowest BCUT2D eigenvalue weighted by Crippen LogP contribution is -2.33. The molecule has 0 amide bonds. The molecule has 0 fully saturated rings. The summed E-state index contributed by atoms with van der Waals surface area (Å²) in [5.74, 6) is 0.401. The molecule has 0 aromatic heterocycles. The van der Waals surface area contributed by atoms with E-state index in [1.807, 2.05) is 12.2 Å². The first-order valence-corrected chi connectivity index (χ1v) is 14.3. The molecular weight excluding hydrogens is 496 g/mol. The predicted molar refractivity (Wildman–Crippen MR) is 163 cm³/mol. The van der Waals surface area contributed by atoms with Crippen LogP contribution in [0.3, 0.4) is 0 Å². The normalized spacial score (nSPS) is 21.1. The molecular formula is C35H43N2O3+. The van der Waals surface area contributed by atoms with Crippen molar-refractivity contribution in [3.63, 3.8) is 0 Å². The standard InChI is InChI=1S/C35H42N2O3/c1-21(2)20-37-29-13-11-23(4)17-27(29)35(7,8)31(37)19-25-32(38)24(33(25)39)18-30-34(5,6)26-16-22(3)10-12-28(26)36(30)14-15-40-9/h10-13,16-19,21H,14-15,20H2,1-9H3/p+1. The van der Waals surface area contributed by atoms with Crippen LogP contribution in [-0.4, -0.2) is 48.0 Å². The third kappa shape index (κ3) is 4.35. The topological polar surface area (TPSA) is 52.8 Å². The van der Waals surface area contributed by atoms with Gasteiger partial charge in [-0.2, -0.15) is 4.58 Å². The minimum absolute atomic E-state index is 0.0760. The fourth-order valence-electron chi connectivity index (χ4n) is 6.47. The third-order valence-electron chi connectivity index (χ3n) is 8.72. The Morgan fingerprint density at radius 2 is 1.62 bits per heavy atom. The first-order valence-electron chi connectivity index (χ1n) is 14.3. The van der Waals surface area contributed by atoms with E-state index in [1.54, 1.807) is 7.11 Å². The lowest BCUT2D eigenvalue weighted by atomic mass is 9.77. The molecule has 0 atom stereocenters. The van der Waals surface area contributed by atoms with Gasteiger partial charge in [0.1, 0.15) is 12.4 Å². The second-order valence-electron chi connectivity index (χ2n) is 13.0. The number of anilines is 1. The molecule has 3 aliphatic rings. The van der Waals surface area contributed by atoms with E-state index in [-0.39, 0.29) is 22.4 Å². The number of carbonyl (C=O) groups is 1. The highest BCUT2D eigenvalue weighted by molar-refractivity contribution is 6.24. The first-order chi connectivity index (χ1) is 18.8. The number of nitrogens with zero attached hydrogens (tertiary/aromatic N) is 2. The molecule has 0 spiro atoms. The fraction of sp³-hybridized carbons (Fsp3) is 0.429. The van der Waals surface area contributed by atoms with E-state index >= 15 is 0 Å². The second-order valence-corrected chi connectivity index (χ2v) is 13.0. The smallest absolute Gasteiger partial charge is 0.209 e. The summed E-state index contributed by atoms with van der Waals surface area (Å²) < 4.78 is 7.64. The van der Waals surface area contributed by atoms with Crippen LogP contribution in [0.2, 0.25) is 0 Å². The third-order valence-corrected chi connectivity index (χ3v) is 8.72. The van der Waals surface area contributed by atoms with Crippen molar-refractivity contribution in [1.82, 2.24) is 0 Å². The van der Waals surface area contributed by atoms with Gasteiger partial charge in [0.15, 0.2) is 12.3 Å². The van der Waals surface area contributed by atoms with Crippen LogP contribution in [0.1, 0.15) is 63.8 Å². The van der Waals surface area contributed by atoms with Gasteiger partial charge in [0.05, 0.1) is 16.6 Å². The van der Waals surface area contributed by atoms with Crippen LogP contribution in [0, 0.1) is 19.8 Å². The molecule has 5 nitrogen and oxygen atoms in total. The number of carbonyl (C=O) groups excluding carboxylic acids is 1. The summed E-state index contributed by atoms with van der Waals surface area (Å²) in [5.41, 5.74) is 9.41. The molecule has 1 N–H and O–H groups in total. The summed E-state index contributed by atoms with van der Waals surface area (Å²) in [7, 11) is 1.70. The zero-order valence-corrected chi connectivity index (χ0v) is 25.5. The van der Waals surface area contributed by atoms with Crippen molar-refractivity contribution < 1.29 is 19.2 Å². The van der Waals surface area contributed by atoms with Crippen LogP contribution in [-0.2, 0) is 20.4 Å². The Morgan fingerprint density at radius 3 is 2.25 bits per heavy atom. The summed E-state index contributed by atoms with van der Waals surface area (Å²) >= 11 is 0. The minimum atomic E-state index is -0.322. The van der Waals surface area contributed by atoms with Gasteiger partial charge < -0.3 is 14.7 Å². The molecule has 0 radical (unpaired) electrons. The van der Waals surface area contributed by atoms with E-state index in [2.05, 4.69) is 101 Å². The molecule has 2 aromatic carbocycles. The van der Waals surface area contributed by atoms with Crippen LogP contribution in [0.5, 0.6) is 0 Å². The van der Waals surface area contributed by atoms with Crippen LogP contribution in [0.15, 0.2) is 71.2 Å². The summed E-state index contributed by atoms with van der Waals surface area (Å²) in [5, 5.41) is 11.3. The lowest BCUT2D eigenvalue weighted by molar-refractivity contribution is -0.441. The summed E-state index contributed by atoms with van der Waals surface area (Å²) in [6.45, 7) is 19.5. The molecule has 1 aliphatic carbocycles. The Bertz CT molecular complexity index is 1530. The van der Waals surface area contributed by atoms with E-state index in [0.717, 1.165) is 23.6 Å². The molecule has 0 saturated carbocycles. The van der Waals surface area contributed by atoms with Crippen molar-refractivity contribution in [3.05, 3.63) is 93.4 Å². The van der Waals surface area contributed by atoms with E-state index in [9.17, 15) is 9.90 Å². The number of methoxy groups -OCH3 is 1. The van der Waals surface area contributed by atoms with Crippen LogP contribution >= 0.6 is 0 Å². The Balaban J connectivity index is 1.59. The highest BCUT2D eigenvalue weighted by Crippen LogP contribution is 2.50. The largest absolute Gasteiger partial charge is 0.506 e. The second kappa shape index (κ2) is 9.88. The van der Waals surface area contributed by atoms with E-state index in [4.69, 9.17) is 4.74 Å². The predicted octanol–water partition coefficient (Wildman–Crippen LogP) is 6.98. The van der Waals surface area contributed by atoms with Crippen LogP contribution in [0.4, 0.5) is 11.4 Å². The first kappa shape index (κ1) is 28.1. The molecule has 210 valence electrons. The van der Waals surface area contributed by atoms with Crippen LogP contribution < -0.4 is 4.90 Å². The van der Waals surface area contributed by atoms with Crippen molar-refractivity contribution in [1.29, 1.82) is 0 Å². The maximum absolute atomic E-state index is 13.7. The van der Waals surface area contributed by atoms with Crippen molar-refractivity contribution >= 4 is 22.9 Å². The Kier molecular flexibility index (Phi) is 6.94. The molecule has 5 rings (SSSR count). The van der Waals surface area contributed by atoms with Gasteiger partial charge in [0.2, 0.25) is 11.5 Å². The SMILES string of the molecule is COCC[N+]1=C(/C=C2/C(=O)C(/C=C3\N(CC(C)C)c4ccc(C)cc4C3(C)C)=C2O)C(C)(C)c2cc(C)ccc21. The van der Waals surface area contributed by atoms with Crippen molar-refractivity contribution in [3.8, 4) is 0 Å². The highest BCUT2D eigenvalue weighted by Gasteiger charge is 2.47. The Morgan fingerprint density at radius 1 is 0.975 bits per heavy atom. The lowest BCUT2D eigenvalue weighted by Gasteiger charge is -2.30. The molecule has 2 heterocycles. The number of rotatable bonds is 7. The number of hydrogen-bond acceptors (Lipinski definition) is 4. The number of aryl methyl sites for hydroxylation is 2. The number of hydrogen-bond donors (Lipinski definition) is 1. The van der Waals surface area contributed by atoms with Crippen molar-refractivity contribution in [2.45, 2.75) is 66.2 Å². The molecule has 0 saturated heterocycles. The fourth-order valence-corrected chi connectivity index (χ4v) is 6.47. The van der Waals surface area contributed by atoms with Gasteiger partial charge in [0, 0.05) is 48.2 Å². The summed E-state index contributed by atoms with van der Waals surface area (Å²) in [6, 6.07) is 13.1. The molecule has 2 aromatic rings. The molecule has 2 aliphatic heterocycles. The Labute approximate surface area is 239 Å². The van der Waals surface area contributed by atoms with E-state index in [0.29, 0.717) is 30.2 Å². The number of fused-ring (bicyclic) bond motifs is 2. The van der Waals surface area contributed by atoms with Gasteiger partial charge in [0.25, 0.3) is 0 Å². The number of benzene rings is 2. The van der Waals surface area contributed by atoms with E-state index < -0.39 is 0 Å². The minimum Gasteiger partial charge on any atom is -0.506 e. The average Bonchev–Trinajstić information content (AvgIpc) is 3.21. The number of allylic oxidation sites excluding steroid dienone is 5. The number of aliphatic hydroxyl groups excluding tert-OH is 1. The van der Waals surface area contributed by atoms with E-state index in [1.165, 1.54) is 27.9 Å². The zero-order chi connectivity index (χ0) is 29.1. The van der Waals surface area contributed by atoms with Crippen molar-refractivity contribution in [2.24, 2.45) is 5.92 Å². The van der Waals surface area contributed by atoms with Crippen LogP contribution in [0.25, 0.3) is 0 Å². The molecule has 0 unspecified atom stereocenters. The maximum atomic E-state index is 13.7. The van der Waals surface area contributed by atoms with Gasteiger partial charge in [-0.1, -0.05) is 57.0 Å². The van der Waals surface area contributed by atoms with Gasteiger partial charge in [-0.15, -0.1) is 0 Å². The molecule has 0 bridgehead atoms. The van der Waals surface area contributed by atoms with Gasteiger partial charge >= 0.3 is 0 Å². The quantitative estimate of drug-likeness (QED) is 0.305. The molecule has 40 heavy (non-hydrogen) atoms. The maximum Gasteiger partial charge on any atom is 0.209 e. The zero-order valence-electron chi connectivity index (χ0n) is 25.5. The Hall–Kier alpha value is -3.44. The molecule has 5 heteroatoms. The average molecular weight is 540 g/mol. The number of ether oxygens (including phenoxy) is 1. The highest BCUT2D eigenvalue weighted by atomic mass is 16.5. The van der Waals surface area contributed by atoms with Crippen molar-refractivity contribution in [2.75, 3.05) is 31.7 Å². The van der Waals surface area contributed by atoms with Gasteiger partial charge in [-0.25, -0.2) is 0 Å². The number of aliphatic hydroxyl groups is 1. The number of Topliss-reactive ketones (excluding diaryl/α,β-unsaturated/α-hetero) is 1. The van der Waals surface area contributed by atoms with Gasteiger partial charge in [-0.05, 0) is 57.4 Å². The number of ketones is 1.